The Morgan fingerprint density at radius 2 is 1.36 bits per heavy atom. The van der Waals surface area contributed by atoms with E-state index < -0.39 is 6.04 Å². The highest BCUT2D eigenvalue weighted by molar-refractivity contribution is 5.46. The van der Waals surface area contributed by atoms with Crippen molar-refractivity contribution < 1.29 is 9.47 Å². The molecular formula is C21H20N2O2. The number of ether oxygens (including phenoxy) is 2. The van der Waals surface area contributed by atoms with E-state index in [0.717, 1.165) is 22.4 Å². The normalized spacial score (nSPS) is 11.6. The van der Waals surface area contributed by atoms with E-state index in [4.69, 9.17) is 15.0 Å². The summed E-state index contributed by atoms with van der Waals surface area (Å²) >= 11 is 0. The van der Waals surface area contributed by atoms with Crippen LogP contribution in [0, 0.1) is 5.53 Å². The monoisotopic (exact) mass is 332 g/mol. The van der Waals surface area contributed by atoms with E-state index in [1.165, 1.54) is 0 Å². The maximum atomic E-state index is 7.71. The minimum absolute atomic E-state index is 0.467. The van der Waals surface area contributed by atoms with Crippen LogP contribution in [0.2, 0.25) is 0 Å². The van der Waals surface area contributed by atoms with Crippen LogP contribution in [-0.4, -0.2) is 7.11 Å². The van der Waals surface area contributed by atoms with Crippen LogP contribution in [0.1, 0.15) is 22.7 Å². The van der Waals surface area contributed by atoms with Crippen LogP contribution < -0.4 is 9.47 Å². The van der Waals surface area contributed by atoms with Gasteiger partial charge in [-0.25, -0.2) is 5.53 Å². The molecule has 1 N–H and O–H groups in total. The van der Waals surface area contributed by atoms with Crippen LogP contribution in [0.25, 0.3) is 0 Å². The summed E-state index contributed by atoms with van der Waals surface area (Å²) in [4.78, 5) is 0. The lowest BCUT2D eigenvalue weighted by Gasteiger charge is -2.18. The Kier molecular flexibility index (Phi) is 5.42. The quantitative estimate of drug-likeness (QED) is 0.589. The van der Waals surface area contributed by atoms with Crippen molar-refractivity contribution in [1.29, 1.82) is 5.53 Å². The summed E-state index contributed by atoms with van der Waals surface area (Å²) < 4.78 is 11.5. The number of nitrogens with zero attached hydrogens (tertiary/aromatic N) is 1. The van der Waals surface area contributed by atoms with Gasteiger partial charge in [0.05, 0.1) is 7.11 Å². The molecule has 0 saturated carbocycles. The number of hydrogen-bond acceptors (Lipinski definition) is 4. The molecule has 4 nitrogen and oxygen atoms in total. The molecular weight excluding hydrogens is 312 g/mol. The van der Waals surface area contributed by atoms with Crippen LogP contribution in [0.5, 0.6) is 11.5 Å². The van der Waals surface area contributed by atoms with Crippen LogP contribution in [0.15, 0.2) is 84.0 Å². The molecule has 0 radical (unpaired) electrons. The molecule has 0 amide bonds. The van der Waals surface area contributed by atoms with Gasteiger partial charge in [0.15, 0.2) is 0 Å². The second kappa shape index (κ2) is 8.11. The van der Waals surface area contributed by atoms with Crippen molar-refractivity contribution in [1.82, 2.24) is 0 Å². The second-order valence-corrected chi connectivity index (χ2v) is 5.59. The maximum Gasteiger partial charge on any atom is 0.128 e. The Labute approximate surface area is 147 Å². The summed E-state index contributed by atoms with van der Waals surface area (Å²) in [6, 6.07) is 24.9. The number of hydrogen-bond donors (Lipinski definition) is 1. The Morgan fingerprint density at radius 1 is 0.800 bits per heavy atom. The van der Waals surface area contributed by atoms with E-state index in [9.17, 15) is 0 Å². The number of methoxy groups -OCH3 is 1. The highest BCUT2D eigenvalue weighted by Crippen LogP contribution is 2.37. The van der Waals surface area contributed by atoms with Gasteiger partial charge in [0.1, 0.15) is 24.1 Å². The molecule has 126 valence electrons. The first-order valence-electron chi connectivity index (χ1n) is 8.08. The molecule has 0 aliphatic rings. The fraction of sp³-hybridized carbons (Fsp3) is 0.143. The third-order valence-electron chi connectivity index (χ3n) is 4.01. The summed E-state index contributed by atoms with van der Waals surface area (Å²) in [5.74, 6) is 1.43. The average molecular weight is 332 g/mol. The molecule has 0 bridgehead atoms. The summed E-state index contributed by atoms with van der Waals surface area (Å²) in [5.41, 5.74) is 10.5. The average Bonchev–Trinajstić information content (AvgIpc) is 2.69. The topological polar surface area (TPSA) is 54.7 Å². The standard InChI is InChI=1S/C21H20N2O2/c1-24-19-13-7-5-11-17(19)21(23-22)18-12-6-8-14-20(18)25-15-16-9-3-2-4-10-16/h2-14,21-22H,15H2,1H3. The zero-order chi connectivity index (χ0) is 17.5. The summed E-state index contributed by atoms with van der Waals surface area (Å²) in [7, 11) is 1.62. The highest BCUT2D eigenvalue weighted by Gasteiger charge is 2.21. The first kappa shape index (κ1) is 16.7. The Bertz CT molecular complexity index is 834. The van der Waals surface area contributed by atoms with Gasteiger partial charge in [0, 0.05) is 11.1 Å². The molecule has 0 spiro atoms. The van der Waals surface area contributed by atoms with Crippen molar-refractivity contribution >= 4 is 0 Å². The molecule has 4 heteroatoms. The predicted octanol–water partition coefficient (Wildman–Crippen LogP) is 5.39. The van der Waals surface area contributed by atoms with Crippen molar-refractivity contribution in [2.45, 2.75) is 12.6 Å². The molecule has 0 aliphatic carbocycles. The van der Waals surface area contributed by atoms with Crippen LogP contribution in [-0.2, 0) is 6.61 Å². The SMILES string of the molecule is COc1ccccc1C(N=N)c1ccccc1OCc1ccccc1. The van der Waals surface area contributed by atoms with Gasteiger partial charge in [-0.15, -0.1) is 0 Å². The number of nitrogens with one attached hydrogen (secondary N) is 1. The summed E-state index contributed by atoms with van der Waals surface area (Å²) in [6.07, 6.45) is 0. The van der Waals surface area contributed by atoms with Gasteiger partial charge in [-0.2, -0.15) is 5.11 Å². The van der Waals surface area contributed by atoms with E-state index in [1.807, 2.05) is 78.9 Å². The molecule has 0 aromatic heterocycles. The van der Waals surface area contributed by atoms with E-state index in [0.29, 0.717) is 12.4 Å². The molecule has 1 unspecified atom stereocenters. The summed E-state index contributed by atoms with van der Waals surface area (Å²) in [5, 5.41) is 3.84. The first-order chi connectivity index (χ1) is 12.3. The Morgan fingerprint density at radius 3 is 2.00 bits per heavy atom. The van der Waals surface area contributed by atoms with Crippen molar-refractivity contribution in [3.63, 3.8) is 0 Å². The smallest absolute Gasteiger partial charge is 0.128 e. The van der Waals surface area contributed by atoms with E-state index in [2.05, 4.69) is 5.11 Å². The van der Waals surface area contributed by atoms with Crippen molar-refractivity contribution in [3.8, 4) is 11.5 Å². The number of benzene rings is 3. The molecule has 0 saturated heterocycles. The molecule has 3 aromatic rings. The van der Waals surface area contributed by atoms with Gasteiger partial charge in [0.25, 0.3) is 0 Å². The molecule has 0 heterocycles. The third kappa shape index (κ3) is 3.86. The molecule has 0 fully saturated rings. The van der Waals surface area contributed by atoms with Gasteiger partial charge in [0.2, 0.25) is 0 Å². The van der Waals surface area contributed by atoms with Gasteiger partial charge in [-0.3, -0.25) is 0 Å². The van der Waals surface area contributed by atoms with Crippen LogP contribution in [0.4, 0.5) is 0 Å². The minimum Gasteiger partial charge on any atom is -0.496 e. The van der Waals surface area contributed by atoms with Crippen LogP contribution in [0.3, 0.4) is 0 Å². The Hall–Kier alpha value is -3.14. The first-order valence-corrected chi connectivity index (χ1v) is 8.08. The minimum atomic E-state index is -0.469. The fourth-order valence-electron chi connectivity index (χ4n) is 2.77. The third-order valence-corrected chi connectivity index (χ3v) is 4.01. The number of para-hydroxylation sites is 2. The van der Waals surface area contributed by atoms with Gasteiger partial charge >= 0.3 is 0 Å². The largest absolute Gasteiger partial charge is 0.496 e. The van der Waals surface area contributed by atoms with Crippen LogP contribution >= 0.6 is 0 Å². The summed E-state index contributed by atoms with van der Waals surface area (Å²) in [6.45, 7) is 0.467. The van der Waals surface area contributed by atoms with Gasteiger partial charge in [-0.1, -0.05) is 66.7 Å². The van der Waals surface area contributed by atoms with Crippen molar-refractivity contribution in [2.24, 2.45) is 5.11 Å². The Balaban J connectivity index is 1.91. The molecule has 3 aromatic carbocycles. The fourth-order valence-corrected chi connectivity index (χ4v) is 2.77. The lowest BCUT2D eigenvalue weighted by atomic mass is 9.97. The lowest BCUT2D eigenvalue weighted by Crippen LogP contribution is -2.04. The van der Waals surface area contributed by atoms with E-state index in [-0.39, 0.29) is 0 Å². The van der Waals surface area contributed by atoms with Gasteiger partial charge in [-0.05, 0) is 17.7 Å². The number of rotatable bonds is 7. The molecule has 25 heavy (non-hydrogen) atoms. The van der Waals surface area contributed by atoms with Crippen molar-refractivity contribution in [3.05, 3.63) is 95.6 Å². The zero-order valence-electron chi connectivity index (χ0n) is 14.1. The highest BCUT2D eigenvalue weighted by atomic mass is 16.5. The second-order valence-electron chi connectivity index (χ2n) is 5.59. The molecule has 1 atom stereocenters. The van der Waals surface area contributed by atoms with Crippen molar-refractivity contribution in [2.75, 3.05) is 7.11 Å². The molecule has 0 aliphatic heterocycles. The zero-order valence-corrected chi connectivity index (χ0v) is 14.1. The molecule has 3 rings (SSSR count). The van der Waals surface area contributed by atoms with E-state index in [1.54, 1.807) is 7.11 Å². The van der Waals surface area contributed by atoms with Gasteiger partial charge < -0.3 is 9.47 Å². The van der Waals surface area contributed by atoms with E-state index >= 15 is 0 Å². The predicted molar refractivity (Wildman–Crippen MR) is 97.2 cm³/mol. The lowest BCUT2D eigenvalue weighted by molar-refractivity contribution is 0.301. The maximum absolute atomic E-state index is 7.71.